The second kappa shape index (κ2) is 14.3. The fraction of sp³-hybridized carbons (Fsp3) is 0.524. The van der Waals surface area contributed by atoms with E-state index in [1.807, 2.05) is 44.1 Å². The maximum atomic E-state index is 17.4. The number of rotatable bonds is 5. The Morgan fingerprint density at radius 2 is 1.69 bits per heavy atom. The number of anilines is 1. The van der Waals surface area contributed by atoms with E-state index in [0.717, 1.165) is 18.2 Å². The van der Waals surface area contributed by atoms with Gasteiger partial charge < -0.3 is 14.4 Å². The van der Waals surface area contributed by atoms with Crippen LogP contribution in [0.1, 0.15) is 87.1 Å². The Morgan fingerprint density at radius 1 is 0.963 bits per heavy atom. The zero-order valence-electron chi connectivity index (χ0n) is 33.0. The molecule has 0 saturated carbocycles. The van der Waals surface area contributed by atoms with Crippen molar-refractivity contribution in [2.45, 2.75) is 127 Å². The third-order valence-electron chi connectivity index (χ3n) is 11.7. The Labute approximate surface area is 322 Å². The average Bonchev–Trinajstić information content (AvgIpc) is 3.43. The van der Waals surface area contributed by atoms with Crippen LogP contribution in [0, 0.1) is 23.1 Å². The van der Waals surface area contributed by atoms with Crippen molar-refractivity contribution in [2.75, 3.05) is 24.3 Å². The summed E-state index contributed by atoms with van der Waals surface area (Å²) in [6.07, 6.45) is 3.80. The molecule has 0 unspecified atom stereocenters. The van der Waals surface area contributed by atoms with E-state index < -0.39 is 25.3 Å². The molecule has 2 saturated heterocycles. The van der Waals surface area contributed by atoms with E-state index in [4.69, 9.17) is 24.4 Å². The largest absolute Gasteiger partial charge is 0.477 e. The van der Waals surface area contributed by atoms with E-state index in [0.29, 0.717) is 56.9 Å². The van der Waals surface area contributed by atoms with Gasteiger partial charge in [-0.2, -0.15) is 0 Å². The van der Waals surface area contributed by atoms with Gasteiger partial charge in [0.25, 0.3) is 0 Å². The van der Waals surface area contributed by atoms with Crippen LogP contribution < -0.4 is 9.64 Å². The maximum Gasteiger partial charge on any atom is 0.410 e. The van der Waals surface area contributed by atoms with Crippen molar-refractivity contribution < 1.29 is 23.0 Å². The van der Waals surface area contributed by atoms with Crippen LogP contribution in [0.25, 0.3) is 32.9 Å². The van der Waals surface area contributed by atoms with E-state index in [9.17, 15) is 4.79 Å². The lowest BCUT2D eigenvalue weighted by Crippen LogP contribution is -2.62. The fourth-order valence-corrected chi connectivity index (χ4v) is 15.0. The molecule has 12 heteroatoms. The molecule has 3 atom stereocenters. The van der Waals surface area contributed by atoms with E-state index in [1.165, 1.54) is 17.8 Å². The minimum atomic E-state index is -2.23. The molecule has 8 nitrogen and oxygen atoms in total. The van der Waals surface area contributed by atoms with Gasteiger partial charge in [-0.1, -0.05) is 83.5 Å². The number of halogens is 2. The first kappa shape index (κ1) is 38.3. The third-order valence-corrected chi connectivity index (χ3v) is 18.6. The fourth-order valence-electron chi connectivity index (χ4n) is 9.47. The highest BCUT2D eigenvalue weighted by molar-refractivity contribution is 7.98. The number of hydrogen-bond acceptors (Lipinski definition) is 8. The Morgan fingerprint density at radius 3 is 2.35 bits per heavy atom. The number of carbonyl (C=O) groups is 1. The zero-order valence-corrected chi connectivity index (χ0v) is 34.8. The van der Waals surface area contributed by atoms with Gasteiger partial charge in [-0.15, -0.1) is 5.54 Å². The molecule has 2 fully saturated rings. The Balaban J connectivity index is 1.41. The highest BCUT2D eigenvalue weighted by Crippen LogP contribution is 2.46. The number of thioether (sulfide) groups is 1. The number of fused-ring (bicyclic) bond motifs is 6. The second-order valence-corrected chi connectivity index (χ2v) is 23.2. The average molecular weight is 772 g/mol. The molecular weight excluding hydrogens is 721 g/mol. The van der Waals surface area contributed by atoms with Crippen LogP contribution in [-0.4, -0.2) is 77.2 Å². The lowest BCUT2D eigenvalue weighted by atomic mass is 9.96. The summed E-state index contributed by atoms with van der Waals surface area (Å²) in [7, 11) is -2.23. The van der Waals surface area contributed by atoms with Crippen LogP contribution >= 0.6 is 11.8 Å². The molecule has 2 aromatic carbocycles. The first-order chi connectivity index (χ1) is 25.6. The Bertz CT molecular complexity index is 2170. The third kappa shape index (κ3) is 6.39. The summed E-state index contributed by atoms with van der Waals surface area (Å²) in [4.78, 5) is 32.2. The van der Waals surface area contributed by atoms with Gasteiger partial charge in [-0.05, 0) is 67.9 Å². The summed E-state index contributed by atoms with van der Waals surface area (Å²) in [6, 6.07) is 8.34. The zero-order chi connectivity index (χ0) is 38.9. The molecule has 54 heavy (non-hydrogen) atoms. The first-order valence-corrected chi connectivity index (χ1v) is 22.6. The van der Waals surface area contributed by atoms with Crippen molar-refractivity contribution in [3.8, 4) is 28.6 Å². The topological polar surface area (TPSA) is 80.7 Å². The van der Waals surface area contributed by atoms with Crippen molar-refractivity contribution in [2.24, 2.45) is 0 Å². The van der Waals surface area contributed by atoms with Crippen molar-refractivity contribution in [3.63, 3.8) is 0 Å². The lowest BCUT2D eigenvalue weighted by Gasteiger charge is -2.48. The summed E-state index contributed by atoms with van der Waals surface area (Å²) >= 11 is 1.33. The monoisotopic (exact) mass is 771 g/mol. The van der Waals surface area contributed by atoms with Gasteiger partial charge in [-0.3, -0.25) is 4.90 Å². The molecule has 286 valence electrons. The van der Waals surface area contributed by atoms with E-state index >= 15 is 8.78 Å². The van der Waals surface area contributed by atoms with Crippen molar-refractivity contribution in [1.29, 1.82) is 0 Å². The number of piperazine rings is 1. The molecule has 0 N–H and O–H groups in total. The summed E-state index contributed by atoms with van der Waals surface area (Å²) in [5.41, 5.74) is 4.94. The molecule has 2 bridgehead atoms. The van der Waals surface area contributed by atoms with Gasteiger partial charge >= 0.3 is 6.09 Å². The van der Waals surface area contributed by atoms with Crippen molar-refractivity contribution in [1.82, 2.24) is 19.9 Å². The first-order valence-electron chi connectivity index (χ1n) is 19.2. The lowest BCUT2D eigenvalue weighted by molar-refractivity contribution is 0.00637. The molecular formula is C42H51F2N5O3SSi. The molecule has 3 aliphatic heterocycles. The summed E-state index contributed by atoms with van der Waals surface area (Å²) in [5.74, 6) is 3.05. The molecule has 3 aliphatic rings. The Kier molecular flexibility index (Phi) is 10.1. The number of carbonyl (C=O) groups excluding carboxylic acids is 1. The SMILES string of the molecule is CSc1nc2c3c(nc(-c4cccc5ccc(F)c(C#C[Si](C(C)C)(C(C)C)C(C)C)c45)c(F)c3n1)OCC[C@@H]1[C@H]3CC[C@@H](CN21)N3C(=O)OC(C)(C)C. The number of pyridine rings is 1. The number of benzene rings is 2. The van der Waals surface area contributed by atoms with Gasteiger partial charge in [0.1, 0.15) is 41.9 Å². The molecule has 0 spiro atoms. The number of hydrogen-bond donors (Lipinski definition) is 0. The summed E-state index contributed by atoms with van der Waals surface area (Å²) in [5, 5.41) is 2.07. The van der Waals surface area contributed by atoms with Crippen LogP contribution in [0.2, 0.25) is 16.6 Å². The molecule has 1 amide bonds. The Hall–Kier alpha value is -3.95. The van der Waals surface area contributed by atoms with E-state index in [1.54, 1.807) is 12.1 Å². The second-order valence-electron chi connectivity index (χ2n) is 16.9. The normalized spacial score (nSPS) is 19.9. The van der Waals surface area contributed by atoms with Crippen molar-refractivity contribution >= 4 is 53.4 Å². The highest BCUT2D eigenvalue weighted by atomic mass is 32.2. The predicted octanol–water partition coefficient (Wildman–Crippen LogP) is 10.2. The smallest absolute Gasteiger partial charge is 0.410 e. The summed E-state index contributed by atoms with van der Waals surface area (Å²) in [6.45, 7) is 19.8. The molecule has 0 aliphatic carbocycles. The number of ether oxygens (including phenoxy) is 2. The molecule has 2 aromatic heterocycles. The minimum Gasteiger partial charge on any atom is -0.477 e. The molecule has 7 rings (SSSR count). The quantitative estimate of drug-likeness (QED) is 0.0859. The van der Waals surface area contributed by atoms with Crippen molar-refractivity contribution in [3.05, 3.63) is 47.5 Å². The predicted molar refractivity (Wildman–Crippen MR) is 216 cm³/mol. The standard InChI is InChI=1S/C42H51F2N5O3SSi/c1-23(2)54(24(3)4,25(5)6)21-19-28-30(43)16-14-26-12-11-13-29(33(26)28)36-35(44)37-34-38(47-40(46-37)53-10)48-22-27-15-17-32(31(48)18-20-51-39(34)45-36)49(27)41(50)52-42(7,8)9/h11-14,16,23-25,27,31-32H,15,17-18,20,22H2,1-10H3/t27-,31+,32+/m0/s1. The van der Waals surface area contributed by atoms with Gasteiger partial charge in [0.2, 0.25) is 5.88 Å². The van der Waals surface area contributed by atoms with Crippen LogP contribution in [-0.2, 0) is 4.74 Å². The van der Waals surface area contributed by atoms with E-state index in [2.05, 4.69) is 57.9 Å². The van der Waals surface area contributed by atoms with Gasteiger partial charge in [0.15, 0.2) is 11.0 Å². The van der Waals surface area contributed by atoms with Crippen LogP contribution in [0.4, 0.5) is 19.4 Å². The molecule has 5 heterocycles. The highest BCUT2D eigenvalue weighted by Gasteiger charge is 2.51. The number of nitrogens with zero attached hydrogens (tertiary/aromatic N) is 5. The van der Waals surface area contributed by atoms with Crippen LogP contribution in [0.15, 0.2) is 35.5 Å². The molecule has 4 aromatic rings. The number of amides is 1. The maximum absolute atomic E-state index is 17.4. The van der Waals surface area contributed by atoms with Gasteiger partial charge in [-0.25, -0.2) is 28.5 Å². The van der Waals surface area contributed by atoms with Crippen LogP contribution in [0.3, 0.4) is 0 Å². The van der Waals surface area contributed by atoms with Gasteiger partial charge in [0, 0.05) is 23.9 Å². The van der Waals surface area contributed by atoms with E-state index in [-0.39, 0.29) is 53.5 Å². The van der Waals surface area contributed by atoms with Gasteiger partial charge in [0.05, 0.1) is 30.3 Å². The van der Waals surface area contributed by atoms with Crippen LogP contribution in [0.5, 0.6) is 5.88 Å². The minimum absolute atomic E-state index is 0.0282. The molecule has 0 radical (unpaired) electrons. The summed E-state index contributed by atoms with van der Waals surface area (Å²) < 4.78 is 45.7. The number of aromatic nitrogens is 3.